The molecule has 5 heteroatoms. The van der Waals surface area contributed by atoms with Crippen molar-refractivity contribution in [3.63, 3.8) is 0 Å². The first kappa shape index (κ1) is 8.50. The topological polar surface area (TPSA) is 17.8 Å². The van der Waals surface area contributed by atoms with Gasteiger partial charge in [-0.3, -0.25) is 0 Å². The van der Waals surface area contributed by atoms with E-state index in [1.165, 1.54) is 3.70 Å². The first-order valence-electron chi connectivity index (χ1n) is 2.16. The van der Waals surface area contributed by atoms with Gasteiger partial charge in [0.05, 0.1) is 0 Å². The minimum absolute atomic E-state index is 1.04. The summed E-state index contributed by atoms with van der Waals surface area (Å²) in [6, 6.07) is 0. The minimum Gasteiger partial charge on any atom is -0.317 e. The Bertz CT molecular complexity index is 207. The lowest BCUT2D eigenvalue weighted by atomic mass is 10.9. The van der Waals surface area contributed by atoms with Crippen molar-refractivity contribution in [1.82, 2.24) is 9.55 Å². The van der Waals surface area contributed by atoms with E-state index < -0.39 is 0 Å². The Morgan fingerprint density at radius 2 is 1.89 bits per heavy atom. The van der Waals surface area contributed by atoms with E-state index in [9.17, 15) is 0 Å². The highest BCUT2D eigenvalue weighted by Crippen LogP contribution is 2.15. The zero-order valence-electron chi connectivity index (χ0n) is 4.53. The SMILES string of the molecule is Cn1c(I)nc(I)c1I. The highest BCUT2D eigenvalue weighted by molar-refractivity contribution is 14.1. The van der Waals surface area contributed by atoms with E-state index in [2.05, 4.69) is 77.3 Å². The summed E-state index contributed by atoms with van der Waals surface area (Å²) in [4.78, 5) is 4.24. The first-order valence-corrected chi connectivity index (χ1v) is 5.39. The summed E-state index contributed by atoms with van der Waals surface area (Å²) in [6.45, 7) is 0. The molecule has 50 valence electrons. The smallest absolute Gasteiger partial charge is 0.172 e. The Morgan fingerprint density at radius 3 is 2.00 bits per heavy atom. The van der Waals surface area contributed by atoms with E-state index >= 15 is 0 Å². The number of halogens is 3. The Hall–Kier alpha value is 1.40. The second-order valence-corrected chi connectivity index (χ2v) is 4.53. The van der Waals surface area contributed by atoms with Crippen LogP contribution in [0.1, 0.15) is 0 Å². The average molecular weight is 460 g/mol. The van der Waals surface area contributed by atoms with Gasteiger partial charge in [-0.25, -0.2) is 4.98 Å². The Morgan fingerprint density at radius 1 is 1.33 bits per heavy atom. The van der Waals surface area contributed by atoms with Crippen LogP contribution in [0.3, 0.4) is 0 Å². The molecule has 0 bridgehead atoms. The molecule has 2 nitrogen and oxygen atoms in total. The molecule has 0 aliphatic carbocycles. The number of hydrogen-bond acceptors (Lipinski definition) is 1. The van der Waals surface area contributed by atoms with Crippen LogP contribution in [-0.2, 0) is 7.05 Å². The summed E-state index contributed by atoms with van der Waals surface area (Å²) in [6.07, 6.45) is 0. The predicted octanol–water partition coefficient (Wildman–Crippen LogP) is 2.23. The molecule has 0 aliphatic heterocycles. The monoisotopic (exact) mass is 460 g/mol. The van der Waals surface area contributed by atoms with Gasteiger partial charge in [-0.2, -0.15) is 0 Å². The highest BCUT2D eigenvalue weighted by atomic mass is 127. The van der Waals surface area contributed by atoms with E-state index in [-0.39, 0.29) is 0 Å². The Balaban J connectivity index is 3.29. The summed E-state index contributed by atoms with van der Waals surface area (Å²) in [5.74, 6) is 0. The average Bonchev–Trinajstić information content (AvgIpc) is 1.98. The van der Waals surface area contributed by atoms with Crippen LogP contribution >= 0.6 is 67.8 Å². The lowest BCUT2D eigenvalue weighted by Crippen LogP contribution is -1.92. The van der Waals surface area contributed by atoms with Gasteiger partial charge in [-0.1, -0.05) is 0 Å². The molecule has 1 rings (SSSR count). The van der Waals surface area contributed by atoms with Crippen molar-refractivity contribution in [1.29, 1.82) is 0 Å². The predicted molar refractivity (Wildman–Crippen MR) is 61.4 cm³/mol. The molecular formula is C4H3I3N2. The van der Waals surface area contributed by atoms with Crippen molar-refractivity contribution in [2.24, 2.45) is 7.05 Å². The van der Waals surface area contributed by atoms with Crippen molar-refractivity contribution in [2.75, 3.05) is 0 Å². The van der Waals surface area contributed by atoms with Gasteiger partial charge in [-0.15, -0.1) is 0 Å². The van der Waals surface area contributed by atoms with Crippen molar-refractivity contribution in [2.45, 2.75) is 0 Å². The molecule has 0 aromatic carbocycles. The molecule has 9 heavy (non-hydrogen) atoms. The van der Waals surface area contributed by atoms with Crippen LogP contribution in [0.15, 0.2) is 0 Å². The quantitative estimate of drug-likeness (QED) is 0.544. The number of hydrogen-bond donors (Lipinski definition) is 0. The molecule has 0 amide bonds. The molecule has 0 atom stereocenters. The molecule has 0 radical (unpaired) electrons. The number of rotatable bonds is 0. The van der Waals surface area contributed by atoms with E-state index in [0.717, 1.165) is 7.53 Å². The zero-order valence-corrected chi connectivity index (χ0v) is 11.0. The number of nitrogens with zero attached hydrogens (tertiary/aromatic N) is 2. The van der Waals surface area contributed by atoms with Crippen molar-refractivity contribution >= 4 is 67.8 Å². The summed E-state index contributed by atoms with van der Waals surface area (Å²) in [7, 11) is 2.01. The van der Waals surface area contributed by atoms with Crippen LogP contribution in [0, 0.1) is 11.2 Å². The van der Waals surface area contributed by atoms with Gasteiger partial charge >= 0.3 is 0 Å². The van der Waals surface area contributed by atoms with Gasteiger partial charge in [0.15, 0.2) is 3.83 Å². The third-order valence-corrected chi connectivity index (χ3v) is 4.92. The number of aromatic nitrogens is 2. The summed E-state index contributed by atoms with van der Waals surface area (Å²) >= 11 is 6.72. The molecule has 1 aromatic rings. The van der Waals surface area contributed by atoms with Crippen LogP contribution in [0.2, 0.25) is 0 Å². The molecule has 0 unspecified atom stereocenters. The van der Waals surface area contributed by atoms with E-state index in [1.807, 2.05) is 7.05 Å². The third-order valence-electron chi connectivity index (χ3n) is 0.932. The Kier molecular flexibility index (Phi) is 3.02. The molecule has 0 saturated heterocycles. The van der Waals surface area contributed by atoms with Crippen molar-refractivity contribution < 1.29 is 0 Å². The normalized spacial score (nSPS) is 10.2. The second-order valence-electron chi connectivity index (χ2n) is 1.52. The molecule has 0 aliphatic rings. The van der Waals surface area contributed by atoms with Gasteiger partial charge < -0.3 is 4.57 Å². The molecule has 1 aromatic heterocycles. The van der Waals surface area contributed by atoms with E-state index in [1.54, 1.807) is 0 Å². The van der Waals surface area contributed by atoms with E-state index in [0.29, 0.717) is 0 Å². The third kappa shape index (κ3) is 1.70. The molecule has 0 N–H and O–H groups in total. The van der Waals surface area contributed by atoms with Crippen molar-refractivity contribution in [3.8, 4) is 0 Å². The minimum atomic E-state index is 1.04. The van der Waals surface area contributed by atoms with Gasteiger partial charge in [0.1, 0.15) is 7.40 Å². The zero-order chi connectivity index (χ0) is 7.02. The highest BCUT2D eigenvalue weighted by Gasteiger charge is 2.05. The van der Waals surface area contributed by atoms with Gasteiger partial charge in [0.25, 0.3) is 0 Å². The molecule has 0 spiro atoms. The van der Waals surface area contributed by atoms with Crippen LogP contribution in [0.5, 0.6) is 0 Å². The largest absolute Gasteiger partial charge is 0.317 e. The fourth-order valence-corrected chi connectivity index (χ4v) is 2.77. The lowest BCUT2D eigenvalue weighted by Gasteiger charge is -1.91. The standard InChI is InChI=1S/C4H3I3N2/c1-9-3(6)2(5)8-4(9)7/h1H3. The maximum Gasteiger partial charge on any atom is 0.172 e. The van der Waals surface area contributed by atoms with Crippen LogP contribution in [0.25, 0.3) is 0 Å². The molecular weight excluding hydrogens is 457 g/mol. The fraction of sp³-hybridized carbons (Fsp3) is 0.250. The van der Waals surface area contributed by atoms with Crippen molar-refractivity contribution in [3.05, 3.63) is 11.2 Å². The maximum absolute atomic E-state index is 4.24. The summed E-state index contributed by atoms with van der Waals surface area (Å²) in [5, 5.41) is 0. The maximum atomic E-state index is 4.24. The van der Waals surface area contributed by atoms with E-state index in [4.69, 9.17) is 0 Å². The van der Waals surface area contributed by atoms with Crippen LogP contribution in [0.4, 0.5) is 0 Å². The van der Waals surface area contributed by atoms with Crippen LogP contribution < -0.4 is 0 Å². The summed E-state index contributed by atoms with van der Waals surface area (Å²) in [5.41, 5.74) is 0. The number of imidazole rings is 1. The summed E-state index contributed by atoms with van der Waals surface area (Å²) < 4.78 is 5.39. The fourth-order valence-electron chi connectivity index (χ4n) is 0.422. The van der Waals surface area contributed by atoms with Gasteiger partial charge in [0, 0.05) is 7.05 Å². The van der Waals surface area contributed by atoms with Gasteiger partial charge in [-0.05, 0) is 67.8 Å². The molecule has 1 heterocycles. The van der Waals surface area contributed by atoms with Crippen LogP contribution in [-0.4, -0.2) is 9.55 Å². The molecule has 0 fully saturated rings. The Labute approximate surface area is 94.2 Å². The molecule has 0 saturated carbocycles. The first-order chi connectivity index (χ1) is 4.13. The van der Waals surface area contributed by atoms with Gasteiger partial charge in [0.2, 0.25) is 0 Å². The second kappa shape index (κ2) is 3.20. The lowest BCUT2D eigenvalue weighted by molar-refractivity contribution is 0.854.